The van der Waals surface area contributed by atoms with Crippen LogP contribution in [0.1, 0.15) is 54.4 Å². The van der Waals surface area contributed by atoms with Crippen LogP contribution in [0.15, 0.2) is 0 Å². The Morgan fingerprint density at radius 2 is 0.914 bits per heavy atom. The van der Waals surface area contributed by atoms with E-state index >= 15 is 0 Å². The lowest BCUT2D eigenvalue weighted by Gasteiger charge is -2.42. The molecule has 2 amide bonds. The van der Waals surface area contributed by atoms with E-state index in [9.17, 15) is 9.59 Å². The van der Waals surface area contributed by atoms with Crippen LogP contribution in [0.2, 0.25) is 0 Å². The molecule has 1 saturated heterocycles. The first-order valence-corrected chi connectivity index (χ1v) is 13.2. The zero-order valence-corrected chi connectivity index (χ0v) is 23.1. The van der Waals surface area contributed by atoms with Crippen LogP contribution in [0.3, 0.4) is 0 Å². The Morgan fingerprint density at radius 3 is 1.26 bits per heavy atom. The van der Waals surface area contributed by atoms with Crippen molar-refractivity contribution in [1.29, 1.82) is 0 Å². The number of hydrogen-bond donors (Lipinski definition) is 1. The van der Waals surface area contributed by atoms with Gasteiger partial charge in [0.05, 0.1) is 76.9 Å². The second-order valence-corrected chi connectivity index (χ2v) is 10.3. The minimum Gasteiger partial charge on any atom is -0.378 e. The minimum atomic E-state index is -0.648. The molecule has 0 bridgehead atoms. The highest BCUT2D eigenvalue weighted by molar-refractivity contribution is 5.90. The number of amides is 2. The Bertz CT molecular complexity index is 559. The zero-order chi connectivity index (χ0) is 26.2. The van der Waals surface area contributed by atoms with Crippen LogP contribution in [-0.2, 0) is 33.3 Å². The second kappa shape index (κ2) is 16.7. The van der Waals surface area contributed by atoms with E-state index in [1.165, 1.54) is 0 Å². The fourth-order valence-electron chi connectivity index (χ4n) is 3.79. The first kappa shape index (κ1) is 32.1. The average molecular weight is 504 g/mol. The second-order valence-electron chi connectivity index (χ2n) is 10.3. The van der Waals surface area contributed by atoms with Gasteiger partial charge in [0.25, 0.3) is 0 Å². The van der Waals surface area contributed by atoms with Crippen LogP contribution in [-0.4, -0.2) is 109 Å². The monoisotopic (exact) mass is 503 g/mol. The van der Waals surface area contributed by atoms with Crippen molar-refractivity contribution < 1.29 is 37.8 Å². The highest BCUT2D eigenvalue weighted by atomic mass is 16.5. The lowest BCUT2D eigenvalue weighted by molar-refractivity contribution is -0.788. The number of imide groups is 1. The van der Waals surface area contributed by atoms with Crippen LogP contribution in [0, 0.1) is 10.8 Å². The van der Waals surface area contributed by atoms with Gasteiger partial charge in [0, 0.05) is 13.1 Å². The molecule has 1 aliphatic rings. The van der Waals surface area contributed by atoms with Crippen LogP contribution in [0.5, 0.6) is 0 Å². The van der Waals surface area contributed by atoms with Gasteiger partial charge in [-0.1, -0.05) is 13.8 Å². The Kier molecular flexibility index (Phi) is 15.3. The third-order valence-electron chi connectivity index (χ3n) is 6.90. The SMILES string of the molecule is CCC(C)(C)C(=O)[N+]1(C(=O)C(C)(C)CC)CCOCCOCCNCCOCCOCCOCC1. The highest BCUT2D eigenvalue weighted by Gasteiger charge is 2.54. The normalized spacial score (nSPS) is 21.5. The molecule has 0 aromatic carbocycles. The molecule has 0 radical (unpaired) electrons. The van der Waals surface area contributed by atoms with Crippen LogP contribution >= 0.6 is 0 Å². The van der Waals surface area contributed by atoms with E-state index in [2.05, 4.69) is 5.32 Å². The molecule has 0 aromatic rings. The molecule has 1 N–H and O–H groups in total. The summed E-state index contributed by atoms with van der Waals surface area (Å²) in [7, 11) is 0. The van der Waals surface area contributed by atoms with Gasteiger partial charge in [-0.05, 0) is 40.5 Å². The molecule has 0 aliphatic carbocycles. The molecule has 9 heteroatoms. The van der Waals surface area contributed by atoms with Crippen molar-refractivity contribution in [1.82, 2.24) is 5.32 Å². The lowest BCUT2D eigenvalue weighted by Crippen LogP contribution is -2.66. The van der Waals surface area contributed by atoms with E-state index in [0.717, 1.165) is 13.1 Å². The maximum absolute atomic E-state index is 14.0. The molecule has 9 nitrogen and oxygen atoms in total. The zero-order valence-electron chi connectivity index (χ0n) is 23.1. The molecule has 0 unspecified atom stereocenters. The van der Waals surface area contributed by atoms with E-state index in [-0.39, 0.29) is 36.0 Å². The number of rotatable bonds is 4. The summed E-state index contributed by atoms with van der Waals surface area (Å²) in [5.41, 5.74) is -1.30. The van der Waals surface area contributed by atoms with Crippen molar-refractivity contribution in [2.24, 2.45) is 10.8 Å². The number of carbonyl (C=O) groups is 2. The van der Waals surface area contributed by atoms with Gasteiger partial charge in [-0.3, -0.25) is 0 Å². The Morgan fingerprint density at radius 1 is 0.600 bits per heavy atom. The molecule has 206 valence electrons. The Labute approximate surface area is 212 Å². The summed E-state index contributed by atoms with van der Waals surface area (Å²) in [6.07, 6.45) is 1.29. The first-order valence-electron chi connectivity index (χ1n) is 13.2. The maximum atomic E-state index is 14.0. The smallest absolute Gasteiger partial charge is 0.326 e. The molecule has 0 atom stereocenters. The number of quaternary nitrogens is 1. The molecule has 1 fully saturated rings. The largest absolute Gasteiger partial charge is 0.378 e. The number of nitrogens with zero attached hydrogens (tertiary/aromatic N) is 1. The minimum absolute atomic E-state index is 0.0761. The van der Waals surface area contributed by atoms with E-state index in [1.807, 2.05) is 41.5 Å². The summed E-state index contributed by atoms with van der Waals surface area (Å²) < 4.78 is 28.1. The summed E-state index contributed by atoms with van der Waals surface area (Å²) in [5.74, 6) is -0.152. The van der Waals surface area contributed by atoms with E-state index in [0.29, 0.717) is 72.3 Å². The van der Waals surface area contributed by atoms with Gasteiger partial charge >= 0.3 is 11.8 Å². The molecule has 0 spiro atoms. The van der Waals surface area contributed by atoms with Gasteiger partial charge in [0.2, 0.25) is 0 Å². The van der Waals surface area contributed by atoms with E-state index < -0.39 is 10.8 Å². The van der Waals surface area contributed by atoms with Crippen molar-refractivity contribution in [2.45, 2.75) is 54.4 Å². The van der Waals surface area contributed by atoms with Crippen LogP contribution in [0.4, 0.5) is 0 Å². The average Bonchev–Trinajstić information content (AvgIpc) is 2.84. The fraction of sp³-hybridized carbons (Fsp3) is 0.923. The standard InChI is InChI=1S/C26H51N2O7/c1-7-25(3,4)23(29)28(24(30)26(5,6)8-2)11-15-33-19-17-31-13-9-27-10-14-32-18-21-35-22-20-34-16-12-28/h27H,7-22H2,1-6H3/q+1. The molecule has 1 aliphatic heterocycles. The summed E-state index contributed by atoms with van der Waals surface area (Å²) in [4.78, 5) is 27.9. The molecule has 1 rings (SSSR count). The van der Waals surface area contributed by atoms with Crippen molar-refractivity contribution >= 4 is 11.8 Å². The molecular weight excluding hydrogens is 452 g/mol. The van der Waals surface area contributed by atoms with Crippen molar-refractivity contribution in [3.63, 3.8) is 0 Å². The molecule has 1 heterocycles. The van der Waals surface area contributed by atoms with Gasteiger partial charge in [-0.25, -0.2) is 9.59 Å². The summed E-state index contributed by atoms with van der Waals surface area (Å²) in [6.45, 7) is 18.2. The van der Waals surface area contributed by atoms with E-state index in [4.69, 9.17) is 23.7 Å². The van der Waals surface area contributed by atoms with Crippen LogP contribution in [0.25, 0.3) is 0 Å². The van der Waals surface area contributed by atoms with Gasteiger partial charge in [0.15, 0.2) is 0 Å². The van der Waals surface area contributed by atoms with Gasteiger partial charge in [-0.15, -0.1) is 0 Å². The summed E-state index contributed by atoms with van der Waals surface area (Å²) in [6, 6.07) is 0. The maximum Gasteiger partial charge on any atom is 0.326 e. The fourth-order valence-corrected chi connectivity index (χ4v) is 3.79. The number of ether oxygens (including phenoxy) is 5. The van der Waals surface area contributed by atoms with Gasteiger partial charge in [-0.2, -0.15) is 4.48 Å². The lowest BCUT2D eigenvalue weighted by atomic mass is 9.83. The Hall–Kier alpha value is -0.940. The number of hydrogen-bond acceptors (Lipinski definition) is 8. The van der Waals surface area contributed by atoms with Crippen LogP contribution < -0.4 is 5.32 Å². The Balaban J connectivity index is 3.03. The quantitative estimate of drug-likeness (QED) is 0.585. The highest BCUT2D eigenvalue weighted by Crippen LogP contribution is 2.34. The number of carbonyl (C=O) groups excluding carboxylic acids is 2. The molecule has 0 aromatic heterocycles. The van der Waals surface area contributed by atoms with Crippen molar-refractivity contribution in [3.05, 3.63) is 0 Å². The predicted molar refractivity (Wildman–Crippen MR) is 135 cm³/mol. The summed E-state index contributed by atoms with van der Waals surface area (Å²) in [5, 5.41) is 3.26. The van der Waals surface area contributed by atoms with Gasteiger partial charge < -0.3 is 29.0 Å². The van der Waals surface area contributed by atoms with Crippen molar-refractivity contribution in [3.8, 4) is 0 Å². The topological polar surface area (TPSA) is 92.3 Å². The third-order valence-corrected chi connectivity index (χ3v) is 6.90. The van der Waals surface area contributed by atoms with E-state index in [1.54, 1.807) is 0 Å². The van der Waals surface area contributed by atoms with Crippen molar-refractivity contribution in [2.75, 3.05) is 92.2 Å². The molecule has 35 heavy (non-hydrogen) atoms. The predicted octanol–water partition coefficient (Wildman–Crippen LogP) is 2.42. The summed E-state index contributed by atoms with van der Waals surface area (Å²) >= 11 is 0. The first-order chi connectivity index (χ1) is 16.6. The molecular formula is C26H51N2O7+. The van der Waals surface area contributed by atoms with Gasteiger partial charge in [0.1, 0.15) is 13.1 Å². The number of nitrogens with one attached hydrogen (secondary N) is 1. The molecule has 0 saturated carbocycles. The third kappa shape index (κ3) is 10.9.